The van der Waals surface area contributed by atoms with Crippen molar-refractivity contribution in [3.63, 3.8) is 0 Å². The van der Waals surface area contributed by atoms with E-state index < -0.39 is 0 Å². The summed E-state index contributed by atoms with van der Waals surface area (Å²) in [5, 5.41) is 7.39. The zero-order valence-corrected chi connectivity index (χ0v) is 12.8. The van der Waals surface area contributed by atoms with Crippen molar-refractivity contribution in [1.82, 2.24) is 29.4 Å². The Morgan fingerprint density at radius 1 is 1.21 bits per heavy atom. The van der Waals surface area contributed by atoms with Gasteiger partial charge in [-0.25, -0.2) is 19.2 Å². The van der Waals surface area contributed by atoms with E-state index in [0.29, 0.717) is 5.65 Å². The number of aromatic nitrogens is 6. The molecule has 0 bridgehead atoms. The van der Waals surface area contributed by atoms with Gasteiger partial charge in [-0.05, 0) is 31.4 Å². The number of nitrogens with one attached hydrogen (secondary N) is 1. The van der Waals surface area contributed by atoms with Crippen molar-refractivity contribution < 1.29 is 0 Å². The summed E-state index contributed by atoms with van der Waals surface area (Å²) < 4.78 is 3.24. The Balaban J connectivity index is 1.67. The fourth-order valence-electron chi connectivity index (χ4n) is 3.27. The fourth-order valence-corrected chi connectivity index (χ4v) is 3.27. The van der Waals surface area contributed by atoms with Gasteiger partial charge in [0.25, 0.3) is 5.56 Å². The van der Waals surface area contributed by atoms with Crippen LogP contribution in [0, 0.1) is 0 Å². The molecule has 0 atom stereocenters. The highest BCUT2D eigenvalue weighted by atomic mass is 16.1. The molecule has 0 saturated heterocycles. The van der Waals surface area contributed by atoms with E-state index in [-0.39, 0.29) is 5.56 Å². The third kappa shape index (κ3) is 1.84. The Bertz CT molecular complexity index is 1110. The first-order valence-electron chi connectivity index (χ1n) is 7.89. The minimum absolute atomic E-state index is 0.0101. The first kappa shape index (κ1) is 13.2. The van der Waals surface area contributed by atoms with Crippen LogP contribution < -0.4 is 5.56 Å². The highest BCUT2D eigenvalue weighted by molar-refractivity contribution is 5.76. The van der Waals surface area contributed by atoms with Gasteiger partial charge in [-0.2, -0.15) is 5.10 Å². The fraction of sp³-hybridized carbons (Fsp3) is 0.176. The van der Waals surface area contributed by atoms with Crippen molar-refractivity contribution in [3.8, 4) is 16.9 Å². The number of rotatable bonds is 2. The van der Waals surface area contributed by atoms with Crippen LogP contribution in [0.25, 0.3) is 22.6 Å². The van der Waals surface area contributed by atoms with E-state index in [4.69, 9.17) is 4.98 Å². The summed E-state index contributed by atoms with van der Waals surface area (Å²) in [7, 11) is 0. The number of aryl methyl sites for hydroxylation is 1. The summed E-state index contributed by atoms with van der Waals surface area (Å²) in [5.41, 5.74) is 4.19. The van der Waals surface area contributed by atoms with Gasteiger partial charge in [0.05, 0.1) is 11.9 Å². The topological polar surface area (TPSA) is 80.9 Å². The monoisotopic (exact) mass is 318 g/mol. The summed E-state index contributed by atoms with van der Waals surface area (Å²) in [6.45, 7) is 0. The van der Waals surface area contributed by atoms with Crippen LogP contribution in [0.4, 0.5) is 0 Å². The predicted molar refractivity (Wildman–Crippen MR) is 88.2 cm³/mol. The van der Waals surface area contributed by atoms with Crippen molar-refractivity contribution in [2.45, 2.75) is 19.3 Å². The molecule has 0 amide bonds. The van der Waals surface area contributed by atoms with E-state index in [1.165, 1.54) is 4.52 Å². The number of fused-ring (bicyclic) bond motifs is 2. The second-order valence-corrected chi connectivity index (χ2v) is 5.90. The largest absolute Gasteiger partial charge is 0.296 e. The Kier molecular flexibility index (Phi) is 2.70. The maximum absolute atomic E-state index is 12.6. The summed E-state index contributed by atoms with van der Waals surface area (Å²) in [6.07, 6.45) is 9.88. The van der Waals surface area contributed by atoms with Gasteiger partial charge in [0.1, 0.15) is 0 Å². The normalized spacial score (nSPS) is 13.5. The first-order valence-corrected chi connectivity index (χ1v) is 7.89. The molecule has 0 spiro atoms. The van der Waals surface area contributed by atoms with E-state index in [2.05, 4.69) is 15.2 Å². The second-order valence-electron chi connectivity index (χ2n) is 5.90. The van der Waals surface area contributed by atoms with E-state index in [0.717, 1.165) is 47.5 Å². The van der Waals surface area contributed by atoms with E-state index in [1.54, 1.807) is 23.3 Å². The molecule has 1 N–H and O–H groups in total. The lowest BCUT2D eigenvalue weighted by Crippen LogP contribution is -2.20. The van der Waals surface area contributed by atoms with E-state index in [1.807, 2.05) is 24.4 Å². The standard InChI is InChI=1S/C17H14N6O/c24-17-12-4-3-5-14(12)21-16-13(9-20-23(16)17)11-8-19-22(10-11)15-6-1-2-7-18-15/h1-2,6-10,20H,3-5H2. The number of hydrogen-bond donors (Lipinski definition) is 1. The minimum Gasteiger partial charge on any atom is -0.296 e. The molecule has 0 radical (unpaired) electrons. The molecule has 0 unspecified atom stereocenters. The summed E-state index contributed by atoms with van der Waals surface area (Å²) in [6, 6.07) is 5.67. The average Bonchev–Trinajstić information content (AvgIpc) is 3.34. The van der Waals surface area contributed by atoms with Crippen molar-refractivity contribution in [2.75, 3.05) is 0 Å². The van der Waals surface area contributed by atoms with Crippen LogP contribution in [0.2, 0.25) is 0 Å². The molecule has 0 aliphatic heterocycles. The molecular formula is C17H14N6O. The molecule has 0 aromatic carbocycles. The Hall–Kier alpha value is -3.22. The number of hydrogen-bond acceptors (Lipinski definition) is 4. The van der Waals surface area contributed by atoms with Gasteiger partial charge in [-0.1, -0.05) is 6.07 Å². The van der Waals surface area contributed by atoms with Crippen LogP contribution in [-0.2, 0) is 12.8 Å². The molecule has 7 nitrogen and oxygen atoms in total. The molecule has 4 aromatic heterocycles. The number of pyridine rings is 1. The second kappa shape index (κ2) is 4.89. The average molecular weight is 318 g/mol. The van der Waals surface area contributed by atoms with Crippen LogP contribution in [0.1, 0.15) is 17.7 Å². The van der Waals surface area contributed by atoms with Gasteiger partial charge < -0.3 is 0 Å². The Labute approximate surface area is 136 Å². The van der Waals surface area contributed by atoms with Gasteiger partial charge in [-0.3, -0.25) is 9.89 Å². The van der Waals surface area contributed by atoms with Crippen molar-refractivity contribution in [2.24, 2.45) is 0 Å². The van der Waals surface area contributed by atoms with Gasteiger partial charge in [0, 0.05) is 35.3 Å². The lowest BCUT2D eigenvalue weighted by molar-refractivity contribution is 0.847. The molecule has 7 heteroatoms. The van der Waals surface area contributed by atoms with Crippen LogP contribution in [0.15, 0.2) is 47.8 Å². The van der Waals surface area contributed by atoms with Crippen molar-refractivity contribution in [1.29, 1.82) is 0 Å². The molecule has 1 aliphatic rings. The zero-order valence-electron chi connectivity index (χ0n) is 12.8. The lowest BCUT2D eigenvalue weighted by atomic mass is 10.2. The zero-order chi connectivity index (χ0) is 16.1. The smallest absolute Gasteiger partial charge is 0.276 e. The van der Waals surface area contributed by atoms with Crippen molar-refractivity contribution in [3.05, 3.63) is 64.6 Å². The van der Waals surface area contributed by atoms with Gasteiger partial charge in [-0.15, -0.1) is 0 Å². The van der Waals surface area contributed by atoms with Gasteiger partial charge in [0.2, 0.25) is 0 Å². The molecule has 118 valence electrons. The lowest BCUT2D eigenvalue weighted by Gasteiger charge is -2.00. The van der Waals surface area contributed by atoms with E-state index >= 15 is 0 Å². The Morgan fingerprint density at radius 2 is 2.17 bits per heavy atom. The predicted octanol–water partition coefficient (Wildman–Crippen LogP) is 1.76. The van der Waals surface area contributed by atoms with Crippen LogP contribution in [0.3, 0.4) is 0 Å². The first-order chi connectivity index (χ1) is 11.8. The maximum Gasteiger partial charge on any atom is 0.276 e. The number of aromatic amines is 1. The van der Waals surface area contributed by atoms with E-state index in [9.17, 15) is 4.79 Å². The highest BCUT2D eigenvalue weighted by Gasteiger charge is 2.21. The molecular weight excluding hydrogens is 304 g/mol. The minimum atomic E-state index is 0.0101. The maximum atomic E-state index is 12.6. The molecule has 1 aliphatic carbocycles. The third-order valence-electron chi connectivity index (χ3n) is 4.46. The van der Waals surface area contributed by atoms with Crippen LogP contribution in [-0.4, -0.2) is 29.4 Å². The molecule has 4 aromatic rings. The van der Waals surface area contributed by atoms with Gasteiger partial charge in [0.15, 0.2) is 11.5 Å². The van der Waals surface area contributed by atoms with Crippen LogP contribution in [0.5, 0.6) is 0 Å². The molecule has 4 heterocycles. The summed E-state index contributed by atoms with van der Waals surface area (Å²) >= 11 is 0. The number of H-pyrrole nitrogens is 1. The SMILES string of the molecule is O=c1c2c(nc3c(-c4cnn(-c5ccccn5)c4)c[nH]n13)CCC2. The molecule has 24 heavy (non-hydrogen) atoms. The quantitative estimate of drug-likeness (QED) is 0.610. The molecule has 5 rings (SSSR count). The molecule has 0 saturated carbocycles. The molecule has 0 fully saturated rings. The van der Waals surface area contributed by atoms with Crippen LogP contribution >= 0.6 is 0 Å². The van der Waals surface area contributed by atoms with Gasteiger partial charge >= 0.3 is 0 Å². The van der Waals surface area contributed by atoms with Crippen molar-refractivity contribution >= 4 is 5.65 Å². The number of nitrogens with zero attached hydrogens (tertiary/aromatic N) is 5. The highest BCUT2D eigenvalue weighted by Crippen LogP contribution is 2.25. The summed E-state index contributed by atoms with van der Waals surface area (Å²) in [4.78, 5) is 21.6. The third-order valence-corrected chi connectivity index (χ3v) is 4.46. The summed E-state index contributed by atoms with van der Waals surface area (Å²) in [5.74, 6) is 0.745. The Morgan fingerprint density at radius 3 is 3.04 bits per heavy atom.